The van der Waals surface area contributed by atoms with E-state index in [1.54, 1.807) is 26.4 Å². The Balaban J connectivity index is 0.00000300. The maximum absolute atomic E-state index is 12.6. The zero-order valence-electron chi connectivity index (χ0n) is 16.9. The van der Waals surface area contributed by atoms with Gasteiger partial charge < -0.3 is 24.8 Å². The molecule has 3 rings (SSSR count). The van der Waals surface area contributed by atoms with E-state index < -0.39 is 0 Å². The lowest BCUT2D eigenvalue weighted by molar-refractivity contribution is 0.0944. The molecule has 29 heavy (non-hydrogen) atoms. The van der Waals surface area contributed by atoms with Crippen LogP contribution in [0.4, 0.5) is 0 Å². The number of piperidine rings is 1. The molecule has 2 aromatic rings. The van der Waals surface area contributed by atoms with E-state index >= 15 is 0 Å². The highest BCUT2D eigenvalue weighted by atomic mass is 35.5. The van der Waals surface area contributed by atoms with E-state index in [1.165, 1.54) is 0 Å². The minimum absolute atomic E-state index is 0. The molecule has 0 aliphatic carbocycles. The van der Waals surface area contributed by atoms with Crippen LogP contribution in [-0.2, 0) is 6.61 Å². The van der Waals surface area contributed by atoms with E-state index in [4.69, 9.17) is 14.2 Å². The van der Waals surface area contributed by atoms with Gasteiger partial charge in [0.25, 0.3) is 5.91 Å². The van der Waals surface area contributed by atoms with Gasteiger partial charge in [-0.15, -0.1) is 12.4 Å². The average molecular weight is 421 g/mol. The monoisotopic (exact) mass is 420 g/mol. The van der Waals surface area contributed by atoms with E-state index in [1.807, 2.05) is 30.3 Å². The molecule has 1 amide bonds. The largest absolute Gasteiger partial charge is 0.493 e. The Morgan fingerprint density at radius 1 is 1.14 bits per heavy atom. The first-order valence-corrected chi connectivity index (χ1v) is 9.63. The van der Waals surface area contributed by atoms with Crippen molar-refractivity contribution in [1.29, 1.82) is 0 Å². The van der Waals surface area contributed by atoms with Crippen LogP contribution in [0.2, 0.25) is 0 Å². The molecule has 1 fully saturated rings. The molecule has 158 valence electrons. The van der Waals surface area contributed by atoms with Gasteiger partial charge in [0.05, 0.1) is 14.2 Å². The molecule has 2 aromatic carbocycles. The molecule has 1 aliphatic heterocycles. The predicted molar refractivity (Wildman–Crippen MR) is 115 cm³/mol. The number of rotatable bonds is 8. The predicted octanol–water partition coefficient (Wildman–Crippen LogP) is 3.43. The van der Waals surface area contributed by atoms with Crippen molar-refractivity contribution >= 4 is 18.3 Å². The lowest BCUT2D eigenvalue weighted by Crippen LogP contribution is -2.38. The second kappa shape index (κ2) is 11.5. The van der Waals surface area contributed by atoms with Crippen LogP contribution in [0.25, 0.3) is 0 Å². The number of methoxy groups -OCH3 is 2. The first-order chi connectivity index (χ1) is 13.7. The van der Waals surface area contributed by atoms with Crippen molar-refractivity contribution in [3.8, 4) is 17.2 Å². The van der Waals surface area contributed by atoms with E-state index in [9.17, 15) is 4.79 Å². The maximum Gasteiger partial charge on any atom is 0.251 e. The normalized spacial score (nSPS) is 15.7. The molecule has 1 heterocycles. The van der Waals surface area contributed by atoms with Gasteiger partial charge in [0.2, 0.25) is 5.75 Å². The molecule has 1 saturated heterocycles. The fourth-order valence-electron chi connectivity index (χ4n) is 3.32. The SMILES string of the molecule is COc1cc(C(=O)NCC2CCCNC2)cc(OC)c1OCc1ccccc1.Cl. The van der Waals surface area contributed by atoms with Gasteiger partial charge in [0.15, 0.2) is 11.5 Å². The number of hydrogen-bond acceptors (Lipinski definition) is 5. The molecule has 0 radical (unpaired) electrons. The zero-order chi connectivity index (χ0) is 19.8. The second-order valence-electron chi connectivity index (χ2n) is 6.91. The van der Waals surface area contributed by atoms with E-state index in [-0.39, 0.29) is 18.3 Å². The van der Waals surface area contributed by atoms with E-state index in [2.05, 4.69) is 10.6 Å². The standard InChI is InChI=1S/C22H28N2O4.ClH/c1-26-19-11-18(22(25)24-14-17-9-6-10-23-13-17)12-20(27-2)21(19)28-15-16-7-4-3-5-8-16;/h3-5,7-8,11-12,17,23H,6,9-10,13-15H2,1-2H3,(H,24,25);1H. The summed E-state index contributed by atoms with van der Waals surface area (Å²) in [5.41, 5.74) is 1.53. The Morgan fingerprint density at radius 2 is 1.83 bits per heavy atom. The third kappa shape index (κ3) is 6.27. The molecule has 6 nitrogen and oxygen atoms in total. The van der Waals surface area contributed by atoms with Gasteiger partial charge in [-0.1, -0.05) is 30.3 Å². The summed E-state index contributed by atoms with van der Waals surface area (Å²) in [7, 11) is 3.11. The number of hydrogen-bond donors (Lipinski definition) is 2. The molecule has 0 aromatic heterocycles. The molecule has 1 atom stereocenters. The Labute approximate surface area is 178 Å². The Hall–Kier alpha value is -2.44. The highest BCUT2D eigenvalue weighted by molar-refractivity contribution is 5.95. The van der Waals surface area contributed by atoms with Crippen molar-refractivity contribution in [2.45, 2.75) is 19.4 Å². The van der Waals surface area contributed by atoms with Gasteiger partial charge in [-0.25, -0.2) is 0 Å². The maximum atomic E-state index is 12.6. The highest BCUT2D eigenvalue weighted by Crippen LogP contribution is 2.39. The fourth-order valence-corrected chi connectivity index (χ4v) is 3.32. The van der Waals surface area contributed by atoms with Gasteiger partial charge >= 0.3 is 0 Å². The molecular formula is C22H29ClN2O4. The van der Waals surface area contributed by atoms with Crippen molar-refractivity contribution in [3.63, 3.8) is 0 Å². The van der Waals surface area contributed by atoms with Crippen LogP contribution in [0.15, 0.2) is 42.5 Å². The molecule has 2 N–H and O–H groups in total. The van der Waals surface area contributed by atoms with Crippen LogP contribution in [0, 0.1) is 5.92 Å². The third-order valence-corrected chi connectivity index (χ3v) is 4.90. The number of ether oxygens (including phenoxy) is 3. The summed E-state index contributed by atoms with van der Waals surface area (Å²) in [5.74, 6) is 1.76. The molecule has 0 bridgehead atoms. The summed E-state index contributed by atoms with van der Waals surface area (Å²) in [6.07, 6.45) is 2.28. The van der Waals surface area contributed by atoms with Crippen molar-refractivity contribution in [1.82, 2.24) is 10.6 Å². The molecule has 1 aliphatic rings. The Morgan fingerprint density at radius 3 is 2.41 bits per heavy atom. The lowest BCUT2D eigenvalue weighted by Gasteiger charge is -2.23. The molecular weight excluding hydrogens is 392 g/mol. The molecule has 0 spiro atoms. The number of nitrogens with one attached hydrogen (secondary N) is 2. The van der Waals surface area contributed by atoms with Crippen LogP contribution in [0.5, 0.6) is 17.2 Å². The zero-order valence-corrected chi connectivity index (χ0v) is 17.7. The minimum atomic E-state index is -0.142. The van der Waals surface area contributed by atoms with Gasteiger partial charge in [0.1, 0.15) is 6.61 Å². The Kier molecular flexibility index (Phi) is 9.09. The van der Waals surface area contributed by atoms with E-state index in [0.29, 0.717) is 41.9 Å². The quantitative estimate of drug-likeness (QED) is 0.684. The van der Waals surface area contributed by atoms with Crippen molar-refractivity contribution in [2.75, 3.05) is 33.9 Å². The first kappa shape index (κ1) is 22.8. The number of amides is 1. The van der Waals surface area contributed by atoms with Gasteiger partial charge in [-0.2, -0.15) is 0 Å². The summed E-state index contributed by atoms with van der Waals surface area (Å²) < 4.78 is 16.9. The number of carbonyl (C=O) groups excluding carboxylic acids is 1. The lowest BCUT2D eigenvalue weighted by atomic mass is 9.99. The summed E-state index contributed by atoms with van der Waals surface area (Å²) in [4.78, 5) is 12.6. The van der Waals surface area contributed by atoms with Crippen molar-refractivity contribution in [3.05, 3.63) is 53.6 Å². The summed E-state index contributed by atoms with van der Waals surface area (Å²) in [6.45, 7) is 3.04. The molecule has 7 heteroatoms. The summed E-state index contributed by atoms with van der Waals surface area (Å²) >= 11 is 0. The summed E-state index contributed by atoms with van der Waals surface area (Å²) in [5, 5.41) is 6.38. The summed E-state index contributed by atoms with van der Waals surface area (Å²) in [6, 6.07) is 13.2. The van der Waals surface area contributed by atoms with Gasteiger partial charge in [-0.05, 0) is 49.5 Å². The Bertz CT molecular complexity index is 755. The third-order valence-electron chi connectivity index (χ3n) is 4.90. The van der Waals surface area contributed by atoms with E-state index in [0.717, 1.165) is 31.5 Å². The molecule has 1 unspecified atom stereocenters. The number of carbonyl (C=O) groups is 1. The van der Waals surface area contributed by atoms with Crippen molar-refractivity contribution in [2.24, 2.45) is 5.92 Å². The van der Waals surface area contributed by atoms with Crippen LogP contribution in [0.3, 0.4) is 0 Å². The number of benzene rings is 2. The van der Waals surface area contributed by atoms with Crippen molar-refractivity contribution < 1.29 is 19.0 Å². The first-order valence-electron chi connectivity index (χ1n) is 9.63. The van der Waals surface area contributed by atoms with Crippen LogP contribution in [-0.4, -0.2) is 39.8 Å². The molecule has 0 saturated carbocycles. The van der Waals surface area contributed by atoms with Gasteiger partial charge in [-0.3, -0.25) is 4.79 Å². The smallest absolute Gasteiger partial charge is 0.251 e. The van der Waals surface area contributed by atoms with Crippen LogP contribution < -0.4 is 24.8 Å². The minimum Gasteiger partial charge on any atom is -0.493 e. The average Bonchev–Trinajstić information content (AvgIpc) is 2.76. The number of halogens is 1. The van der Waals surface area contributed by atoms with Crippen LogP contribution >= 0.6 is 12.4 Å². The van der Waals surface area contributed by atoms with Crippen LogP contribution in [0.1, 0.15) is 28.8 Å². The second-order valence-corrected chi connectivity index (χ2v) is 6.91. The highest BCUT2D eigenvalue weighted by Gasteiger charge is 2.19. The topological polar surface area (TPSA) is 68.8 Å². The van der Waals surface area contributed by atoms with Gasteiger partial charge in [0, 0.05) is 12.1 Å². The fraction of sp³-hybridized carbons (Fsp3) is 0.409.